The van der Waals surface area contributed by atoms with E-state index < -0.39 is 22.5 Å². The number of rotatable bonds is 9. The molecule has 1 heterocycles. The first-order valence-corrected chi connectivity index (χ1v) is 15.0. The number of hydrogen-bond acceptors (Lipinski definition) is 7. The fraction of sp³-hybridized carbons (Fsp3) is 0.161. The van der Waals surface area contributed by atoms with Gasteiger partial charge in [-0.2, -0.15) is 0 Å². The molecule has 210 valence electrons. The summed E-state index contributed by atoms with van der Waals surface area (Å²) in [6.07, 6.45) is 0. The smallest absolute Gasteiger partial charge is 0.264 e. The summed E-state index contributed by atoms with van der Waals surface area (Å²) < 4.78 is 40.4. The van der Waals surface area contributed by atoms with Crippen LogP contribution < -0.4 is 19.1 Å². The minimum absolute atomic E-state index is 0.0288. The van der Waals surface area contributed by atoms with Crippen LogP contribution in [0.2, 0.25) is 0 Å². The highest BCUT2D eigenvalue weighted by molar-refractivity contribution is 7.92. The fourth-order valence-electron chi connectivity index (χ4n) is 4.31. The van der Waals surface area contributed by atoms with Crippen LogP contribution in [0.1, 0.15) is 11.1 Å². The predicted molar refractivity (Wildman–Crippen MR) is 164 cm³/mol. The number of fused-ring (bicyclic) bond motifs is 1. The van der Waals surface area contributed by atoms with Crippen molar-refractivity contribution < 1.29 is 22.7 Å². The number of methoxy groups -OCH3 is 2. The predicted octanol–water partition coefficient (Wildman–Crippen LogP) is 6.43. The summed E-state index contributed by atoms with van der Waals surface area (Å²) >= 11 is 1.61. The molecule has 5 rings (SSSR count). The van der Waals surface area contributed by atoms with Crippen LogP contribution in [-0.4, -0.2) is 40.1 Å². The van der Waals surface area contributed by atoms with Gasteiger partial charge in [0.2, 0.25) is 5.91 Å². The number of nitrogens with one attached hydrogen (secondary N) is 1. The summed E-state index contributed by atoms with van der Waals surface area (Å²) in [5.41, 5.74) is 4.92. The zero-order valence-corrected chi connectivity index (χ0v) is 24.7. The molecule has 0 radical (unpaired) electrons. The summed E-state index contributed by atoms with van der Waals surface area (Å²) in [6, 6.07) is 24.8. The van der Waals surface area contributed by atoms with E-state index in [9.17, 15) is 13.2 Å². The van der Waals surface area contributed by atoms with Crippen molar-refractivity contribution in [3.63, 3.8) is 0 Å². The van der Waals surface area contributed by atoms with E-state index in [1.165, 1.54) is 38.0 Å². The molecule has 0 aliphatic heterocycles. The number of ether oxygens (including phenoxy) is 2. The number of aryl methyl sites for hydroxylation is 2. The van der Waals surface area contributed by atoms with E-state index >= 15 is 0 Å². The zero-order chi connectivity index (χ0) is 29.1. The molecule has 0 spiro atoms. The molecule has 10 heteroatoms. The maximum Gasteiger partial charge on any atom is 0.264 e. The van der Waals surface area contributed by atoms with Gasteiger partial charge in [0.25, 0.3) is 10.0 Å². The summed E-state index contributed by atoms with van der Waals surface area (Å²) in [7, 11) is -1.23. The van der Waals surface area contributed by atoms with E-state index in [-0.39, 0.29) is 10.6 Å². The van der Waals surface area contributed by atoms with Crippen LogP contribution in [0.25, 0.3) is 20.8 Å². The molecule has 41 heavy (non-hydrogen) atoms. The number of hydrogen-bond donors (Lipinski definition) is 1. The Morgan fingerprint density at radius 2 is 1.54 bits per heavy atom. The molecule has 0 saturated heterocycles. The first kappa shape index (κ1) is 28.1. The number of thiazole rings is 1. The summed E-state index contributed by atoms with van der Waals surface area (Å²) in [4.78, 5) is 17.9. The Hall–Kier alpha value is -4.41. The molecule has 5 aromatic rings. The summed E-state index contributed by atoms with van der Waals surface area (Å²) in [5, 5.41) is 3.71. The summed E-state index contributed by atoms with van der Waals surface area (Å²) in [5.74, 6) is 0.179. The quantitative estimate of drug-likeness (QED) is 0.213. The lowest BCUT2D eigenvalue weighted by Gasteiger charge is -2.24. The van der Waals surface area contributed by atoms with Crippen LogP contribution in [0.5, 0.6) is 11.5 Å². The SMILES string of the molecule is COc1ccc(S(=O)(=O)N(CC(=O)Nc2ccc(-c3nc4ccc(C)cc4s3)cc2)c2ccc(C)cc2)cc1OC. The van der Waals surface area contributed by atoms with Crippen molar-refractivity contribution in [1.29, 1.82) is 0 Å². The Bertz CT molecular complexity index is 1820. The highest BCUT2D eigenvalue weighted by Crippen LogP contribution is 2.33. The maximum atomic E-state index is 13.8. The van der Waals surface area contributed by atoms with E-state index in [1.807, 2.05) is 31.2 Å². The number of anilines is 2. The molecular weight excluding hydrogens is 558 g/mol. The molecule has 0 aliphatic carbocycles. The Labute approximate surface area is 243 Å². The molecule has 1 amide bonds. The Morgan fingerprint density at radius 3 is 2.22 bits per heavy atom. The van der Waals surface area contributed by atoms with Gasteiger partial charge in [0, 0.05) is 17.3 Å². The number of carbonyl (C=O) groups is 1. The number of aromatic nitrogens is 1. The van der Waals surface area contributed by atoms with Gasteiger partial charge in [-0.25, -0.2) is 13.4 Å². The Balaban J connectivity index is 1.38. The monoisotopic (exact) mass is 587 g/mol. The van der Waals surface area contributed by atoms with E-state index in [1.54, 1.807) is 47.7 Å². The third-order valence-electron chi connectivity index (χ3n) is 6.51. The first-order chi connectivity index (χ1) is 19.7. The van der Waals surface area contributed by atoms with Gasteiger partial charge in [0.05, 0.1) is 35.0 Å². The van der Waals surface area contributed by atoms with Crippen LogP contribution >= 0.6 is 11.3 Å². The van der Waals surface area contributed by atoms with Gasteiger partial charge >= 0.3 is 0 Å². The van der Waals surface area contributed by atoms with E-state index in [2.05, 4.69) is 18.3 Å². The molecule has 0 fully saturated rings. The van der Waals surface area contributed by atoms with Crippen molar-refractivity contribution >= 4 is 48.9 Å². The largest absolute Gasteiger partial charge is 0.493 e. The van der Waals surface area contributed by atoms with Gasteiger partial charge in [-0.3, -0.25) is 9.10 Å². The lowest BCUT2D eigenvalue weighted by molar-refractivity contribution is -0.114. The number of carbonyl (C=O) groups excluding carboxylic acids is 1. The minimum Gasteiger partial charge on any atom is -0.493 e. The minimum atomic E-state index is -4.14. The lowest BCUT2D eigenvalue weighted by atomic mass is 10.2. The maximum absolute atomic E-state index is 13.8. The van der Waals surface area contributed by atoms with Crippen molar-refractivity contribution in [2.24, 2.45) is 0 Å². The topological polar surface area (TPSA) is 97.8 Å². The van der Waals surface area contributed by atoms with Crippen LogP contribution in [0.3, 0.4) is 0 Å². The number of nitrogens with zero attached hydrogens (tertiary/aromatic N) is 2. The van der Waals surface area contributed by atoms with Gasteiger partial charge in [0.1, 0.15) is 11.6 Å². The second-order valence-corrected chi connectivity index (χ2v) is 12.4. The second kappa shape index (κ2) is 11.6. The second-order valence-electron chi connectivity index (χ2n) is 9.48. The van der Waals surface area contributed by atoms with E-state index in [0.717, 1.165) is 30.7 Å². The molecule has 0 aliphatic rings. The van der Waals surface area contributed by atoms with Crippen molar-refractivity contribution in [2.45, 2.75) is 18.7 Å². The average molecular weight is 588 g/mol. The first-order valence-electron chi connectivity index (χ1n) is 12.8. The van der Waals surface area contributed by atoms with Crippen LogP contribution in [-0.2, 0) is 14.8 Å². The van der Waals surface area contributed by atoms with Crippen LogP contribution in [0.4, 0.5) is 11.4 Å². The van der Waals surface area contributed by atoms with E-state index in [0.29, 0.717) is 17.1 Å². The molecule has 0 atom stereocenters. The van der Waals surface area contributed by atoms with Gasteiger partial charge in [-0.05, 0) is 80.1 Å². The highest BCUT2D eigenvalue weighted by Gasteiger charge is 2.28. The standard InChI is InChI=1S/C31H29N3O5S2/c1-20-5-12-24(13-6-20)34(41(36,37)25-14-16-27(38-3)28(18-25)39-4)19-30(35)32-23-10-8-22(9-11-23)31-33-26-15-7-21(2)17-29(26)40-31/h5-18H,19H2,1-4H3,(H,32,35). The molecular formula is C31H29N3O5S2. The van der Waals surface area contributed by atoms with Crippen LogP contribution in [0, 0.1) is 13.8 Å². The van der Waals surface area contributed by atoms with Crippen LogP contribution in [0.15, 0.2) is 89.8 Å². The third-order valence-corrected chi connectivity index (χ3v) is 9.35. The lowest BCUT2D eigenvalue weighted by Crippen LogP contribution is -2.38. The van der Waals surface area contributed by atoms with Gasteiger partial charge in [-0.15, -0.1) is 11.3 Å². The summed E-state index contributed by atoms with van der Waals surface area (Å²) in [6.45, 7) is 3.52. The van der Waals surface area contributed by atoms with Crippen molar-refractivity contribution in [3.8, 4) is 22.1 Å². The molecule has 0 unspecified atom stereocenters. The molecule has 8 nitrogen and oxygen atoms in total. The number of sulfonamides is 1. The third kappa shape index (κ3) is 6.03. The number of amides is 1. The molecule has 0 bridgehead atoms. The Kier molecular flexibility index (Phi) is 7.96. The van der Waals surface area contributed by atoms with Crippen molar-refractivity contribution in [2.75, 3.05) is 30.4 Å². The average Bonchev–Trinajstić information content (AvgIpc) is 3.39. The highest BCUT2D eigenvalue weighted by atomic mass is 32.2. The fourth-order valence-corrected chi connectivity index (χ4v) is 6.82. The van der Waals surface area contributed by atoms with Gasteiger partial charge in [-0.1, -0.05) is 23.8 Å². The Morgan fingerprint density at radius 1 is 0.854 bits per heavy atom. The van der Waals surface area contributed by atoms with Crippen molar-refractivity contribution in [1.82, 2.24) is 4.98 Å². The van der Waals surface area contributed by atoms with Gasteiger partial charge in [0.15, 0.2) is 11.5 Å². The molecule has 0 saturated carbocycles. The van der Waals surface area contributed by atoms with Gasteiger partial charge < -0.3 is 14.8 Å². The zero-order valence-electron chi connectivity index (χ0n) is 23.0. The molecule has 1 aromatic heterocycles. The number of benzene rings is 4. The van der Waals surface area contributed by atoms with E-state index in [4.69, 9.17) is 14.5 Å². The molecule has 4 aromatic carbocycles. The van der Waals surface area contributed by atoms with Crippen molar-refractivity contribution in [3.05, 3.63) is 96.1 Å². The normalized spacial score (nSPS) is 11.3. The molecule has 1 N–H and O–H groups in total.